The molecule has 0 saturated heterocycles. The number of nitrogens with one attached hydrogen (secondary N) is 1. The third-order valence-corrected chi connectivity index (χ3v) is 6.97. The summed E-state index contributed by atoms with van der Waals surface area (Å²) in [6.45, 7) is 2.02. The number of nitrogens with two attached hydrogens (primary N) is 1. The Morgan fingerprint density at radius 1 is 1.18 bits per heavy atom. The first kappa shape index (κ1) is 21.3. The Kier molecular flexibility index (Phi) is 5.44. The van der Waals surface area contributed by atoms with Crippen molar-refractivity contribution in [2.75, 3.05) is 5.32 Å². The van der Waals surface area contributed by atoms with Crippen molar-refractivity contribution in [1.29, 1.82) is 0 Å². The van der Waals surface area contributed by atoms with E-state index in [0.717, 1.165) is 19.3 Å². The zero-order chi connectivity index (χ0) is 23.1. The maximum Gasteiger partial charge on any atom is 0.250 e. The van der Waals surface area contributed by atoms with Crippen molar-refractivity contribution in [2.24, 2.45) is 29.4 Å². The van der Waals surface area contributed by atoms with Gasteiger partial charge in [0.2, 0.25) is 11.8 Å². The Morgan fingerprint density at radius 2 is 1.97 bits per heavy atom. The van der Waals surface area contributed by atoms with Crippen molar-refractivity contribution in [3.63, 3.8) is 0 Å². The van der Waals surface area contributed by atoms with Crippen LogP contribution in [0.15, 0.2) is 48.8 Å². The predicted molar refractivity (Wildman–Crippen MR) is 121 cm³/mol. The molecule has 2 aromatic heterocycles. The van der Waals surface area contributed by atoms with E-state index in [1.807, 2.05) is 6.92 Å². The van der Waals surface area contributed by atoms with Gasteiger partial charge in [-0.05, 0) is 73.4 Å². The molecular formula is C25H25FN4O3. The Balaban J connectivity index is 1.20. The highest BCUT2D eigenvalue weighted by atomic mass is 19.1. The number of hydrogen-bond donors (Lipinski definition) is 2. The van der Waals surface area contributed by atoms with Crippen LogP contribution in [0, 0.1) is 29.5 Å². The van der Waals surface area contributed by atoms with E-state index in [1.165, 1.54) is 18.3 Å². The number of carbonyl (C=O) groups excluding carboxylic acids is 2. The zero-order valence-electron chi connectivity index (χ0n) is 18.2. The number of aromatic nitrogens is 2. The molecular weight excluding hydrogens is 423 g/mol. The average molecular weight is 448 g/mol. The molecule has 2 amide bonds. The van der Waals surface area contributed by atoms with E-state index in [4.69, 9.17) is 10.5 Å². The molecule has 2 aliphatic carbocycles. The summed E-state index contributed by atoms with van der Waals surface area (Å²) >= 11 is 0. The smallest absolute Gasteiger partial charge is 0.250 e. The topological polar surface area (TPSA) is 107 Å². The number of amides is 2. The number of nitrogens with zero attached hydrogens (tertiary/aromatic N) is 2. The van der Waals surface area contributed by atoms with Crippen molar-refractivity contribution in [3.05, 3.63) is 60.2 Å². The standard InChI is InChI=1S/C25H25FN4O3/c1-2-16(25(32)30-22-6-3-13(12-29-22)24(27)31)23-17-10-15(11-18(17)23)33-21-7-8-28-20-5-4-14(26)9-19(20)21/h3-9,12,15-18,23H,2,10-11H2,1H3,(H2,27,31)(H,29,30,32)/t15-,16?,17-,18+,23-. The third-order valence-electron chi connectivity index (χ3n) is 6.97. The number of anilines is 1. The van der Waals surface area contributed by atoms with Crippen LogP contribution in [0.25, 0.3) is 10.9 Å². The van der Waals surface area contributed by atoms with Crippen LogP contribution in [-0.4, -0.2) is 27.9 Å². The van der Waals surface area contributed by atoms with Crippen LogP contribution in [0.1, 0.15) is 36.5 Å². The fourth-order valence-electron chi connectivity index (χ4n) is 5.38. The summed E-state index contributed by atoms with van der Waals surface area (Å²) in [5.41, 5.74) is 6.23. The highest BCUT2D eigenvalue weighted by Gasteiger charge is 2.60. The van der Waals surface area contributed by atoms with Crippen LogP contribution in [0.2, 0.25) is 0 Å². The average Bonchev–Trinajstić information content (AvgIpc) is 3.27. The molecule has 3 aromatic rings. The van der Waals surface area contributed by atoms with Gasteiger partial charge in [0.15, 0.2) is 0 Å². The van der Waals surface area contributed by atoms with E-state index in [-0.39, 0.29) is 23.7 Å². The first-order valence-corrected chi connectivity index (χ1v) is 11.2. The molecule has 3 N–H and O–H groups in total. The fraction of sp³-hybridized carbons (Fsp3) is 0.360. The number of ether oxygens (including phenoxy) is 1. The number of benzene rings is 1. The van der Waals surface area contributed by atoms with Gasteiger partial charge in [0.05, 0.1) is 17.2 Å². The predicted octanol–water partition coefficient (Wildman–Crippen LogP) is 3.94. The molecule has 1 unspecified atom stereocenters. The lowest BCUT2D eigenvalue weighted by atomic mass is 9.93. The molecule has 2 fully saturated rings. The molecule has 1 aromatic carbocycles. The molecule has 33 heavy (non-hydrogen) atoms. The number of rotatable bonds is 7. The second-order valence-corrected chi connectivity index (χ2v) is 8.89. The summed E-state index contributed by atoms with van der Waals surface area (Å²) in [7, 11) is 0. The van der Waals surface area contributed by atoms with Crippen molar-refractivity contribution in [3.8, 4) is 5.75 Å². The number of halogens is 1. The SMILES string of the molecule is CCC(C(=O)Nc1ccc(C(N)=O)cn1)[C@@H]1[C@@H]2C[C@@H](Oc3ccnc4ccc(F)cc34)C[C@@H]21. The lowest BCUT2D eigenvalue weighted by Gasteiger charge is -2.21. The lowest BCUT2D eigenvalue weighted by Crippen LogP contribution is -2.27. The molecule has 7 nitrogen and oxygen atoms in total. The monoisotopic (exact) mass is 448 g/mol. The maximum absolute atomic E-state index is 13.7. The molecule has 8 heteroatoms. The van der Waals surface area contributed by atoms with Crippen molar-refractivity contribution < 1.29 is 18.7 Å². The Bertz CT molecular complexity index is 1200. The Hall–Kier alpha value is -3.55. The van der Waals surface area contributed by atoms with E-state index in [0.29, 0.717) is 45.8 Å². The lowest BCUT2D eigenvalue weighted by molar-refractivity contribution is -0.121. The number of carbonyl (C=O) groups is 2. The second-order valence-electron chi connectivity index (χ2n) is 8.89. The van der Waals surface area contributed by atoms with Crippen LogP contribution in [0.5, 0.6) is 5.75 Å². The van der Waals surface area contributed by atoms with E-state index in [2.05, 4.69) is 15.3 Å². The summed E-state index contributed by atoms with van der Waals surface area (Å²) in [5.74, 6) is 1.25. The first-order valence-electron chi connectivity index (χ1n) is 11.2. The fourth-order valence-corrected chi connectivity index (χ4v) is 5.38. The third kappa shape index (κ3) is 4.13. The molecule has 2 saturated carbocycles. The van der Waals surface area contributed by atoms with Crippen molar-refractivity contribution >= 4 is 28.5 Å². The number of fused-ring (bicyclic) bond motifs is 2. The van der Waals surface area contributed by atoms with Gasteiger partial charge in [-0.15, -0.1) is 0 Å². The Labute approximate surface area is 190 Å². The highest BCUT2D eigenvalue weighted by Crippen LogP contribution is 2.62. The van der Waals surface area contributed by atoms with Crippen LogP contribution >= 0.6 is 0 Å². The minimum atomic E-state index is -0.556. The van der Waals surface area contributed by atoms with E-state index < -0.39 is 5.91 Å². The summed E-state index contributed by atoms with van der Waals surface area (Å²) in [6, 6.07) is 9.42. The number of primary amides is 1. The quantitative estimate of drug-likeness (QED) is 0.569. The van der Waals surface area contributed by atoms with E-state index in [1.54, 1.807) is 30.5 Å². The van der Waals surface area contributed by atoms with Gasteiger partial charge in [0, 0.05) is 23.7 Å². The molecule has 170 valence electrons. The summed E-state index contributed by atoms with van der Waals surface area (Å²) in [6.07, 6.45) is 5.58. The highest BCUT2D eigenvalue weighted by molar-refractivity contribution is 5.94. The molecule has 5 atom stereocenters. The summed E-state index contributed by atoms with van der Waals surface area (Å²) in [5, 5.41) is 3.55. The summed E-state index contributed by atoms with van der Waals surface area (Å²) < 4.78 is 20.0. The van der Waals surface area contributed by atoms with Crippen LogP contribution < -0.4 is 15.8 Å². The van der Waals surface area contributed by atoms with Crippen molar-refractivity contribution in [1.82, 2.24) is 9.97 Å². The van der Waals surface area contributed by atoms with Gasteiger partial charge in [-0.1, -0.05) is 6.92 Å². The largest absolute Gasteiger partial charge is 0.490 e. The van der Waals surface area contributed by atoms with Crippen LogP contribution in [0.3, 0.4) is 0 Å². The van der Waals surface area contributed by atoms with Gasteiger partial charge >= 0.3 is 0 Å². The van der Waals surface area contributed by atoms with Gasteiger partial charge in [-0.25, -0.2) is 9.37 Å². The normalized spacial score (nSPS) is 24.2. The Morgan fingerprint density at radius 3 is 2.64 bits per heavy atom. The maximum atomic E-state index is 13.7. The zero-order valence-corrected chi connectivity index (χ0v) is 18.2. The molecule has 2 aliphatic rings. The van der Waals surface area contributed by atoms with Gasteiger partial charge in [-0.3, -0.25) is 14.6 Å². The minimum Gasteiger partial charge on any atom is -0.490 e. The van der Waals surface area contributed by atoms with E-state index >= 15 is 0 Å². The van der Waals surface area contributed by atoms with Crippen molar-refractivity contribution in [2.45, 2.75) is 32.3 Å². The molecule has 5 rings (SSSR count). The minimum absolute atomic E-state index is 0.0497. The molecule has 2 heterocycles. The molecule has 0 bridgehead atoms. The van der Waals surface area contributed by atoms with Gasteiger partial charge in [-0.2, -0.15) is 0 Å². The molecule has 0 aliphatic heterocycles. The first-order chi connectivity index (χ1) is 15.9. The van der Waals surface area contributed by atoms with Gasteiger partial charge in [0.1, 0.15) is 17.4 Å². The van der Waals surface area contributed by atoms with Crippen LogP contribution in [-0.2, 0) is 4.79 Å². The number of hydrogen-bond acceptors (Lipinski definition) is 5. The molecule has 0 radical (unpaired) electrons. The molecule has 0 spiro atoms. The summed E-state index contributed by atoms with van der Waals surface area (Å²) in [4.78, 5) is 32.5. The second kappa shape index (κ2) is 8.42. The van der Waals surface area contributed by atoms with Crippen LogP contribution in [0.4, 0.5) is 10.2 Å². The number of pyridine rings is 2. The van der Waals surface area contributed by atoms with Gasteiger partial charge < -0.3 is 15.8 Å². The van der Waals surface area contributed by atoms with Gasteiger partial charge in [0.25, 0.3) is 0 Å². The van der Waals surface area contributed by atoms with E-state index in [9.17, 15) is 14.0 Å².